The lowest BCUT2D eigenvalue weighted by molar-refractivity contribution is -0.125. The van der Waals surface area contributed by atoms with Crippen LogP contribution < -0.4 is 10.6 Å². The molecule has 0 bridgehead atoms. The van der Waals surface area contributed by atoms with Gasteiger partial charge in [-0.15, -0.1) is 36.2 Å². The van der Waals surface area contributed by atoms with E-state index in [4.69, 9.17) is 0 Å². The zero-order chi connectivity index (χ0) is 12.4. The van der Waals surface area contributed by atoms with Gasteiger partial charge < -0.3 is 10.6 Å². The second kappa shape index (κ2) is 8.17. The van der Waals surface area contributed by atoms with Crippen molar-refractivity contribution >= 4 is 42.1 Å². The summed E-state index contributed by atoms with van der Waals surface area (Å²) in [6.07, 6.45) is 4.66. The van der Waals surface area contributed by atoms with Gasteiger partial charge in [0.1, 0.15) is 5.01 Å². The molecule has 2 fully saturated rings. The number of piperidine rings is 1. The third-order valence-electron chi connectivity index (χ3n) is 3.65. The number of hydrogen-bond donors (Lipinski definition) is 2. The fraction of sp³-hybridized carbons (Fsp3) is 0.692. The lowest BCUT2D eigenvalue weighted by Gasteiger charge is -2.21. The van der Waals surface area contributed by atoms with Gasteiger partial charge in [0.15, 0.2) is 0 Å². The number of nitrogens with one attached hydrogen (secondary N) is 2. The summed E-state index contributed by atoms with van der Waals surface area (Å²) in [6, 6.07) is 0. The molecule has 0 radical (unpaired) electrons. The number of amides is 1. The number of aromatic nitrogens is 1. The molecule has 1 atom stereocenters. The summed E-state index contributed by atoms with van der Waals surface area (Å²) in [7, 11) is 0. The predicted molar refractivity (Wildman–Crippen MR) is 86.0 cm³/mol. The average molecular weight is 338 g/mol. The molecule has 2 heterocycles. The van der Waals surface area contributed by atoms with Crippen molar-refractivity contribution in [2.24, 2.45) is 5.92 Å². The number of halogens is 2. The molecule has 2 N–H and O–H groups in total. The Kier molecular flexibility index (Phi) is 7.23. The van der Waals surface area contributed by atoms with E-state index in [-0.39, 0.29) is 36.6 Å². The molecular weight excluding hydrogens is 317 g/mol. The van der Waals surface area contributed by atoms with Crippen molar-refractivity contribution in [2.75, 3.05) is 13.1 Å². The highest BCUT2D eigenvalue weighted by molar-refractivity contribution is 7.09. The molecule has 4 nitrogen and oxygen atoms in total. The summed E-state index contributed by atoms with van der Waals surface area (Å²) in [4.78, 5) is 16.5. The maximum atomic E-state index is 12.0. The number of carbonyl (C=O) groups excluding carboxylic acids is 1. The third kappa shape index (κ3) is 4.58. The second-order valence-corrected chi connectivity index (χ2v) is 6.14. The van der Waals surface area contributed by atoms with Crippen molar-refractivity contribution < 1.29 is 4.79 Å². The normalized spacial score (nSPS) is 21.5. The van der Waals surface area contributed by atoms with Gasteiger partial charge in [0.2, 0.25) is 5.91 Å². The minimum atomic E-state index is 0. The molecule has 7 heteroatoms. The van der Waals surface area contributed by atoms with Crippen LogP contribution in [0, 0.1) is 5.92 Å². The molecule has 20 heavy (non-hydrogen) atoms. The Hall–Kier alpha value is -0.360. The summed E-state index contributed by atoms with van der Waals surface area (Å²) in [5.74, 6) is 1.01. The first kappa shape index (κ1) is 17.7. The first-order valence-electron chi connectivity index (χ1n) is 6.75. The van der Waals surface area contributed by atoms with E-state index in [1.807, 2.05) is 0 Å². The molecule has 1 aliphatic heterocycles. The third-order valence-corrected chi connectivity index (χ3v) is 4.51. The van der Waals surface area contributed by atoms with Crippen LogP contribution >= 0.6 is 36.2 Å². The van der Waals surface area contributed by atoms with Crippen molar-refractivity contribution in [3.63, 3.8) is 0 Å². The van der Waals surface area contributed by atoms with Crippen LogP contribution in [0.2, 0.25) is 0 Å². The molecule has 1 amide bonds. The predicted octanol–water partition coefficient (Wildman–Crippen LogP) is 2.48. The maximum Gasteiger partial charge on any atom is 0.224 e. The van der Waals surface area contributed by atoms with E-state index in [1.165, 1.54) is 18.5 Å². The van der Waals surface area contributed by atoms with Crippen LogP contribution in [0.15, 0.2) is 5.38 Å². The van der Waals surface area contributed by atoms with Crippen molar-refractivity contribution in [3.8, 4) is 0 Å². The number of carbonyl (C=O) groups is 1. The molecule has 3 rings (SSSR count). The van der Waals surface area contributed by atoms with E-state index in [1.54, 1.807) is 11.3 Å². The molecule has 1 saturated heterocycles. The molecule has 1 aromatic heterocycles. The van der Waals surface area contributed by atoms with Crippen LogP contribution in [0.1, 0.15) is 42.3 Å². The standard InChI is InChI=1S/C13H19N3OS.2ClH/c17-13(10-2-1-5-14-6-10)15-7-12-16-11(8-18-12)9-3-4-9;;/h8-10,14H,1-7H2,(H,15,17);2*1H. The molecule has 1 aliphatic carbocycles. The first-order chi connectivity index (χ1) is 8.83. The van der Waals surface area contributed by atoms with E-state index in [2.05, 4.69) is 21.0 Å². The minimum absolute atomic E-state index is 0. The van der Waals surface area contributed by atoms with Crippen LogP contribution in [0.25, 0.3) is 0 Å². The van der Waals surface area contributed by atoms with Crippen LogP contribution in [-0.2, 0) is 11.3 Å². The highest BCUT2D eigenvalue weighted by atomic mass is 35.5. The highest BCUT2D eigenvalue weighted by Gasteiger charge is 2.26. The molecule has 1 saturated carbocycles. The van der Waals surface area contributed by atoms with Crippen LogP contribution in [0.5, 0.6) is 0 Å². The smallest absolute Gasteiger partial charge is 0.224 e. The monoisotopic (exact) mass is 337 g/mol. The Morgan fingerprint density at radius 2 is 2.20 bits per heavy atom. The Bertz CT molecular complexity index is 431. The number of nitrogens with zero attached hydrogens (tertiary/aromatic N) is 1. The van der Waals surface area contributed by atoms with Gasteiger partial charge in [-0.2, -0.15) is 0 Å². The number of thiazole rings is 1. The van der Waals surface area contributed by atoms with Gasteiger partial charge in [-0.05, 0) is 32.2 Å². The van der Waals surface area contributed by atoms with Crippen LogP contribution in [0.3, 0.4) is 0 Å². The SMILES string of the molecule is Cl.Cl.O=C(NCc1nc(C2CC2)cs1)C1CCCNC1. The molecule has 114 valence electrons. The van der Waals surface area contributed by atoms with Gasteiger partial charge >= 0.3 is 0 Å². The summed E-state index contributed by atoms with van der Waals surface area (Å²) in [6.45, 7) is 2.45. The largest absolute Gasteiger partial charge is 0.349 e. The Labute approximate surface area is 135 Å². The average Bonchev–Trinajstić information content (AvgIpc) is 3.16. The van der Waals surface area contributed by atoms with Gasteiger partial charge in [0.25, 0.3) is 0 Å². The Morgan fingerprint density at radius 1 is 1.40 bits per heavy atom. The lowest BCUT2D eigenvalue weighted by Crippen LogP contribution is -2.40. The molecule has 0 spiro atoms. The summed E-state index contributed by atoms with van der Waals surface area (Å²) < 4.78 is 0. The summed E-state index contributed by atoms with van der Waals surface area (Å²) in [5.41, 5.74) is 1.23. The maximum absolute atomic E-state index is 12.0. The van der Waals surface area contributed by atoms with E-state index in [9.17, 15) is 4.79 Å². The second-order valence-electron chi connectivity index (χ2n) is 5.20. The molecular formula is C13H21Cl2N3OS. The number of hydrogen-bond acceptors (Lipinski definition) is 4. The van der Waals surface area contributed by atoms with Gasteiger partial charge in [-0.1, -0.05) is 0 Å². The zero-order valence-corrected chi connectivity index (χ0v) is 13.7. The van der Waals surface area contributed by atoms with Gasteiger partial charge in [-0.3, -0.25) is 4.79 Å². The van der Waals surface area contributed by atoms with Crippen molar-refractivity contribution in [1.29, 1.82) is 0 Å². The number of rotatable bonds is 4. The molecule has 2 aliphatic rings. The lowest BCUT2D eigenvalue weighted by atomic mass is 9.99. The van der Waals surface area contributed by atoms with E-state index in [0.29, 0.717) is 12.5 Å². The molecule has 1 unspecified atom stereocenters. The summed E-state index contributed by atoms with van der Waals surface area (Å²) in [5, 5.41) is 9.45. The van der Waals surface area contributed by atoms with Gasteiger partial charge in [0, 0.05) is 17.8 Å². The van der Waals surface area contributed by atoms with Crippen LogP contribution in [-0.4, -0.2) is 24.0 Å². The highest BCUT2D eigenvalue weighted by Crippen LogP contribution is 2.40. The Balaban J connectivity index is 0.000001000. The van der Waals surface area contributed by atoms with Gasteiger partial charge in [-0.25, -0.2) is 4.98 Å². The minimum Gasteiger partial charge on any atom is -0.349 e. The fourth-order valence-electron chi connectivity index (χ4n) is 2.36. The molecule has 1 aromatic rings. The van der Waals surface area contributed by atoms with Crippen molar-refractivity contribution in [3.05, 3.63) is 16.1 Å². The Morgan fingerprint density at radius 3 is 2.85 bits per heavy atom. The van der Waals surface area contributed by atoms with E-state index in [0.717, 1.165) is 30.9 Å². The van der Waals surface area contributed by atoms with Crippen LogP contribution in [0.4, 0.5) is 0 Å². The summed E-state index contributed by atoms with van der Waals surface area (Å²) >= 11 is 1.67. The quantitative estimate of drug-likeness (QED) is 0.887. The topological polar surface area (TPSA) is 54.0 Å². The van der Waals surface area contributed by atoms with Gasteiger partial charge in [0.05, 0.1) is 18.2 Å². The van der Waals surface area contributed by atoms with E-state index >= 15 is 0 Å². The molecule has 0 aromatic carbocycles. The van der Waals surface area contributed by atoms with E-state index < -0.39 is 0 Å². The van der Waals surface area contributed by atoms with Crippen molar-refractivity contribution in [1.82, 2.24) is 15.6 Å². The van der Waals surface area contributed by atoms with Crippen molar-refractivity contribution in [2.45, 2.75) is 38.1 Å². The first-order valence-corrected chi connectivity index (χ1v) is 7.63. The fourth-order valence-corrected chi connectivity index (χ4v) is 3.17. The zero-order valence-electron chi connectivity index (χ0n) is 11.3.